The maximum atomic E-state index is 11.5. The molecule has 2 heterocycles. The van der Waals surface area contributed by atoms with Crippen molar-refractivity contribution in [2.75, 3.05) is 11.4 Å². The Morgan fingerprint density at radius 3 is 3.15 bits per heavy atom. The molecule has 0 atom stereocenters. The number of benzene rings is 1. The smallest absolute Gasteiger partial charge is 0.231 e. The van der Waals surface area contributed by atoms with Crippen LogP contribution < -0.4 is 4.90 Å². The van der Waals surface area contributed by atoms with E-state index in [0.717, 1.165) is 12.2 Å². The van der Waals surface area contributed by atoms with Crippen molar-refractivity contribution in [2.24, 2.45) is 0 Å². The largest absolute Gasteiger partial charge is 0.307 e. The average molecular weight is 171 g/mol. The Kier molecular flexibility index (Phi) is 1.18. The molecular weight excluding hydrogens is 162 g/mol. The molecule has 0 saturated carbocycles. The third-order valence-electron chi connectivity index (χ3n) is 2.65. The molecule has 1 aromatic rings. The summed E-state index contributed by atoms with van der Waals surface area (Å²) in [7, 11) is 0. The molecule has 0 aliphatic carbocycles. The molecule has 0 bridgehead atoms. The number of nitrogens with zero attached hydrogens (tertiary/aromatic N) is 1. The van der Waals surface area contributed by atoms with Gasteiger partial charge in [-0.2, -0.15) is 0 Å². The number of hydrogen-bond acceptors (Lipinski definition) is 1. The van der Waals surface area contributed by atoms with E-state index in [-0.39, 0.29) is 5.91 Å². The first kappa shape index (κ1) is 6.89. The molecule has 1 amide bonds. The van der Waals surface area contributed by atoms with Crippen LogP contribution in [-0.2, 0) is 11.2 Å². The Morgan fingerprint density at radius 1 is 1.31 bits per heavy atom. The second-order valence-electron chi connectivity index (χ2n) is 3.44. The van der Waals surface area contributed by atoms with Gasteiger partial charge in [-0.3, -0.25) is 4.79 Å². The predicted molar refractivity (Wildman–Crippen MR) is 51.5 cm³/mol. The molecule has 13 heavy (non-hydrogen) atoms. The summed E-state index contributed by atoms with van der Waals surface area (Å²) in [5.41, 5.74) is 3.48. The first-order valence-electron chi connectivity index (χ1n) is 4.45. The van der Waals surface area contributed by atoms with Gasteiger partial charge in [-0.05, 0) is 11.1 Å². The van der Waals surface area contributed by atoms with E-state index in [1.165, 1.54) is 11.1 Å². The number of hydrogen-bond donors (Lipinski definition) is 0. The van der Waals surface area contributed by atoms with Crippen LogP contribution in [0, 0.1) is 0 Å². The van der Waals surface area contributed by atoms with E-state index < -0.39 is 0 Å². The minimum Gasteiger partial charge on any atom is -0.307 e. The van der Waals surface area contributed by atoms with Crippen LogP contribution in [0.4, 0.5) is 5.69 Å². The number of amides is 1. The van der Waals surface area contributed by atoms with Gasteiger partial charge in [0.25, 0.3) is 0 Å². The molecule has 2 heteroatoms. The van der Waals surface area contributed by atoms with Crippen molar-refractivity contribution in [3.05, 3.63) is 35.4 Å². The standard InChI is InChI=1S/C11H9NO/c13-10-7-9-4-1-3-8-5-2-6-12(10)11(8)9/h1-5H,6-7H2. The molecule has 0 N–H and O–H groups in total. The van der Waals surface area contributed by atoms with Crippen LogP contribution in [0.15, 0.2) is 24.3 Å². The minimum absolute atomic E-state index is 0.229. The Labute approximate surface area is 76.5 Å². The van der Waals surface area contributed by atoms with Gasteiger partial charge < -0.3 is 4.90 Å². The third kappa shape index (κ3) is 0.800. The zero-order valence-corrected chi connectivity index (χ0v) is 7.16. The number of para-hydroxylation sites is 1. The van der Waals surface area contributed by atoms with E-state index in [9.17, 15) is 4.79 Å². The van der Waals surface area contributed by atoms with E-state index in [2.05, 4.69) is 12.1 Å². The number of anilines is 1. The molecule has 1 aromatic carbocycles. The summed E-state index contributed by atoms with van der Waals surface area (Å²) < 4.78 is 0. The van der Waals surface area contributed by atoms with Crippen LogP contribution in [0.2, 0.25) is 0 Å². The van der Waals surface area contributed by atoms with Crippen LogP contribution in [0.3, 0.4) is 0 Å². The number of carbonyl (C=O) groups is 1. The monoisotopic (exact) mass is 171 g/mol. The van der Waals surface area contributed by atoms with Gasteiger partial charge in [-0.15, -0.1) is 0 Å². The van der Waals surface area contributed by atoms with Crippen molar-refractivity contribution in [1.29, 1.82) is 0 Å². The molecule has 0 saturated heterocycles. The van der Waals surface area contributed by atoms with Crippen molar-refractivity contribution in [3.8, 4) is 0 Å². The molecule has 0 unspecified atom stereocenters. The summed E-state index contributed by atoms with van der Waals surface area (Å²) >= 11 is 0. The van der Waals surface area contributed by atoms with Gasteiger partial charge >= 0.3 is 0 Å². The van der Waals surface area contributed by atoms with E-state index in [0.29, 0.717) is 6.42 Å². The van der Waals surface area contributed by atoms with Gasteiger partial charge in [-0.25, -0.2) is 0 Å². The molecule has 2 aliphatic heterocycles. The van der Waals surface area contributed by atoms with Gasteiger partial charge in [-0.1, -0.05) is 30.4 Å². The summed E-state index contributed by atoms with van der Waals surface area (Å²) in [6, 6.07) is 6.11. The van der Waals surface area contributed by atoms with Crippen LogP contribution in [0.25, 0.3) is 6.08 Å². The molecule has 2 aliphatic rings. The van der Waals surface area contributed by atoms with Crippen molar-refractivity contribution >= 4 is 17.7 Å². The number of rotatable bonds is 0. The minimum atomic E-state index is 0.229. The Hall–Kier alpha value is -1.57. The highest BCUT2D eigenvalue weighted by atomic mass is 16.2. The Balaban J connectivity index is 2.32. The highest BCUT2D eigenvalue weighted by molar-refractivity contribution is 6.04. The van der Waals surface area contributed by atoms with Gasteiger partial charge in [0.1, 0.15) is 0 Å². The zero-order valence-electron chi connectivity index (χ0n) is 7.16. The quantitative estimate of drug-likeness (QED) is 0.580. The predicted octanol–water partition coefficient (Wildman–Crippen LogP) is 1.60. The zero-order chi connectivity index (χ0) is 8.84. The van der Waals surface area contributed by atoms with E-state index in [4.69, 9.17) is 0 Å². The molecule has 0 spiro atoms. The lowest BCUT2D eigenvalue weighted by Crippen LogP contribution is -2.28. The van der Waals surface area contributed by atoms with Crippen LogP contribution in [0.5, 0.6) is 0 Å². The third-order valence-corrected chi connectivity index (χ3v) is 2.65. The maximum Gasteiger partial charge on any atom is 0.231 e. The van der Waals surface area contributed by atoms with Gasteiger partial charge in [0.2, 0.25) is 5.91 Å². The van der Waals surface area contributed by atoms with Crippen molar-refractivity contribution < 1.29 is 4.79 Å². The van der Waals surface area contributed by atoms with Gasteiger partial charge in [0, 0.05) is 6.54 Å². The van der Waals surface area contributed by atoms with Crippen molar-refractivity contribution in [2.45, 2.75) is 6.42 Å². The van der Waals surface area contributed by atoms with E-state index >= 15 is 0 Å². The fourth-order valence-corrected chi connectivity index (χ4v) is 2.08. The van der Waals surface area contributed by atoms with Gasteiger partial charge in [0.15, 0.2) is 0 Å². The summed E-state index contributed by atoms with van der Waals surface area (Å²) in [5, 5.41) is 0. The Bertz CT molecular complexity index is 420. The average Bonchev–Trinajstić information content (AvgIpc) is 2.47. The molecule has 3 rings (SSSR count). The Morgan fingerprint density at radius 2 is 2.23 bits per heavy atom. The van der Waals surface area contributed by atoms with E-state index in [1.54, 1.807) is 0 Å². The normalized spacial score (nSPS) is 17.8. The lowest BCUT2D eigenvalue weighted by molar-refractivity contribution is -0.117. The number of carbonyl (C=O) groups excluding carboxylic acids is 1. The fraction of sp³-hybridized carbons (Fsp3) is 0.182. The van der Waals surface area contributed by atoms with Crippen LogP contribution in [0.1, 0.15) is 11.1 Å². The topological polar surface area (TPSA) is 20.3 Å². The van der Waals surface area contributed by atoms with Crippen LogP contribution >= 0.6 is 0 Å². The summed E-state index contributed by atoms with van der Waals surface area (Å²) in [6.45, 7) is 0.739. The fourth-order valence-electron chi connectivity index (χ4n) is 2.08. The SMILES string of the molecule is O=C1Cc2cccc3c2N1CC=C3. The van der Waals surface area contributed by atoms with E-state index in [1.807, 2.05) is 23.1 Å². The molecule has 0 radical (unpaired) electrons. The second-order valence-corrected chi connectivity index (χ2v) is 3.44. The van der Waals surface area contributed by atoms with Crippen molar-refractivity contribution in [3.63, 3.8) is 0 Å². The highest BCUT2D eigenvalue weighted by Gasteiger charge is 2.29. The molecular formula is C11H9NO. The van der Waals surface area contributed by atoms with Crippen LogP contribution in [-0.4, -0.2) is 12.5 Å². The molecule has 2 nitrogen and oxygen atoms in total. The first-order chi connectivity index (χ1) is 6.36. The van der Waals surface area contributed by atoms with Gasteiger partial charge in [0.05, 0.1) is 12.1 Å². The maximum absolute atomic E-state index is 11.5. The lowest BCUT2D eigenvalue weighted by Gasteiger charge is -2.20. The summed E-state index contributed by atoms with van der Waals surface area (Å²) in [4.78, 5) is 13.4. The van der Waals surface area contributed by atoms with Crippen molar-refractivity contribution in [1.82, 2.24) is 0 Å². The summed E-state index contributed by atoms with van der Waals surface area (Å²) in [5.74, 6) is 0.229. The molecule has 64 valence electrons. The first-order valence-corrected chi connectivity index (χ1v) is 4.45. The molecule has 0 fully saturated rings. The highest BCUT2D eigenvalue weighted by Crippen LogP contribution is 2.35. The lowest BCUT2D eigenvalue weighted by atomic mass is 10.1. The molecule has 0 aromatic heterocycles. The summed E-state index contributed by atoms with van der Waals surface area (Å²) in [6.07, 6.45) is 4.70. The second kappa shape index (κ2) is 2.22.